The molecular weight excluding hydrogens is 311 g/mol. The van der Waals surface area contributed by atoms with Gasteiger partial charge in [0, 0.05) is 18.7 Å². The molecule has 0 saturated carbocycles. The zero-order valence-electron chi connectivity index (χ0n) is 11.1. The number of sulfonamides is 1. The van der Waals surface area contributed by atoms with Crippen LogP contribution in [0.2, 0.25) is 0 Å². The Morgan fingerprint density at radius 1 is 1.29 bits per heavy atom. The molecule has 0 fully saturated rings. The van der Waals surface area contributed by atoms with Gasteiger partial charge in [-0.1, -0.05) is 13.3 Å². The molecule has 21 heavy (non-hydrogen) atoms. The lowest BCUT2D eigenvalue weighted by Gasteiger charge is -2.13. The highest BCUT2D eigenvalue weighted by atomic mass is 32.2. The van der Waals surface area contributed by atoms with Crippen LogP contribution in [-0.2, 0) is 14.8 Å². The molecule has 0 radical (unpaired) electrons. The van der Waals surface area contributed by atoms with Gasteiger partial charge in [0.15, 0.2) is 4.90 Å². The van der Waals surface area contributed by atoms with Gasteiger partial charge in [0.05, 0.1) is 5.92 Å². The van der Waals surface area contributed by atoms with E-state index in [9.17, 15) is 26.4 Å². The van der Waals surface area contributed by atoms with Crippen molar-refractivity contribution in [3.63, 3.8) is 0 Å². The molecule has 1 rings (SSSR count). The standard InChI is InChI=1S/C12H14F3NO4S/c1-2-3-7(12(17)18)6-16-21(19,20)11-9(14)4-8(13)5-10(11)15/h4-5,7,16H,2-3,6H2,1H3,(H,17,18). The van der Waals surface area contributed by atoms with E-state index in [4.69, 9.17) is 5.11 Å². The maximum Gasteiger partial charge on any atom is 0.307 e. The lowest BCUT2D eigenvalue weighted by atomic mass is 10.1. The van der Waals surface area contributed by atoms with Crippen molar-refractivity contribution in [3.05, 3.63) is 29.6 Å². The lowest BCUT2D eigenvalue weighted by Crippen LogP contribution is -2.33. The quantitative estimate of drug-likeness (QED) is 0.802. The van der Waals surface area contributed by atoms with Crippen molar-refractivity contribution in [1.82, 2.24) is 4.72 Å². The van der Waals surface area contributed by atoms with Gasteiger partial charge in [-0.3, -0.25) is 4.79 Å². The van der Waals surface area contributed by atoms with Crippen LogP contribution in [0.3, 0.4) is 0 Å². The topological polar surface area (TPSA) is 83.5 Å². The molecule has 0 aliphatic carbocycles. The molecule has 1 atom stereocenters. The second-order valence-electron chi connectivity index (χ2n) is 4.37. The largest absolute Gasteiger partial charge is 0.481 e. The van der Waals surface area contributed by atoms with Gasteiger partial charge < -0.3 is 5.11 Å². The number of benzene rings is 1. The zero-order chi connectivity index (χ0) is 16.2. The number of aliphatic carboxylic acids is 1. The van der Waals surface area contributed by atoms with Crippen LogP contribution in [-0.4, -0.2) is 26.0 Å². The fourth-order valence-corrected chi connectivity index (χ4v) is 2.93. The van der Waals surface area contributed by atoms with Crippen molar-refractivity contribution >= 4 is 16.0 Å². The molecule has 0 heterocycles. The Bertz CT molecular complexity index is 610. The van der Waals surface area contributed by atoms with Crippen LogP contribution < -0.4 is 4.72 Å². The maximum atomic E-state index is 13.4. The summed E-state index contributed by atoms with van der Waals surface area (Å²) in [5, 5.41) is 8.88. The number of hydrogen-bond acceptors (Lipinski definition) is 3. The van der Waals surface area contributed by atoms with Gasteiger partial charge in [-0.25, -0.2) is 26.3 Å². The average molecular weight is 325 g/mol. The Balaban J connectivity index is 3.00. The van der Waals surface area contributed by atoms with Crippen LogP contribution in [0, 0.1) is 23.4 Å². The van der Waals surface area contributed by atoms with Crippen LogP contribution in [0.15, 0.2) is 17.0 Å². The highest BCUT2D eigenvalue weighted by Gasteiger charge is 2.27. The monoisotopic (exact) mass is 325 g/mol. The van der Waals surface area contributed by atoms with E-state index in [1.165, 1.54) is 0 Å². The van der Waals surface area contributed by atoms with Crippen LogP contribution in [0.25, 0.3) is 0 Å². The van der Waals surface area contributed by atoms with Gasteiger partial charge in [-0.2, -0.15) is 0 Å². The van der Waals surface area contributed by atoms with Crippen molar-refractivity contribution in [2.75, 3.05) is 6.54 Å². The van der Waals surface area contributed by atoms with Gasteiger partial charge in [0.2, 0.25) is 10.0 Å². The summed E-state index contributed by atoms with van der Waals surface area (Å²) >= 11 is 0. The van der Waals surface area contributed by atoms with E-state index in [2.05, 4.69) is 0 Å². The molecular formula is C12H14F3NO4S. The summed E-state index contributed by atoms with van der Waals surface area (Å²) in [5.74, 6) is -6.65. The first-order valence-corrected chi connectivity index (χ1v) is 7.54. The lowest BCUT2D eigenvalue weighted by molar-refractivity contribution is -0.141. The molecule has 0 aromatic heterocycles. The van der Waals surface area contributed by atoms with Crippen LogP contribution in [0.4, 0.5) is 13.2 Å². The van der Waals surface area contributed by atoms with Crippen molar-refractivity contribution in [2.24, 2.45) is 5.92 Å². The minimum Gasteiger partial charge on any atom is -0.481 e. The Morgan fingerprint density at radius 3 is 2.24 bits per heavy atom. The van der Waals surface area contributed by atoms with Crippen molar-refractivity contribution in [1.29, 1.82) is 0 Å². The number of nitrogens with one attached hydrogen (secondary N) is 1. The highest BCUT2D eigenvalue weighted by Crippen LogP contribution is 2.20. The molecule has 0 bridgehead atoms. The summed E-state index contributed by atoms with van der Waals surface area (Å²) in [6.45, 7) is 1.20. The molecule has 2 N–H and O–H groups in total. The third kappa shape index (κ3) is 4.43. The Labute approximate surface area is 119 Å². The third-order valence-corrected chi connectivity index (χ3v) is 4.21. The molecule has 5 nitrogen and oxygen atoms in total. The molecule has 0 amide bonds. The smallest absolute Gasteiger partial charge is 0.307 e. The third-order valence-electron chi connectivity index (χ3n) is 2.74. The molecule has 1 unspecified atom stereocenters. The van der Waals surface area contributed by atoms with E-state index in [-0.39, 0.29) is 18.6 Å². The van der Waals surface area contributed by atoms with Crippen LogP contribution >= 0.6 is 0 Å². The molecule has 0 spiro atoms. The minimum atomic E-state index is -4.62. The summed E-state index contributed by atoms with van der Waals surface area (Å²) in [7, 11) is -4.62. The average Bonchev–Trinajstić information content (AvgIpc) is 2.32. The highest BCUT2D eigenvalue weighted by molar-refractivity contribution is 7.89. The SMILES string of the molecule is CCCC(CNS(=O)(=O)c1c(F)cc(F)cc1F)C(=O)O. The molecule has 1 aromatic carbocycles. The summed E-state index contributed by atoms with van der Waals surface area (Å²) in [6, 6.07) is 0.469. The summed E-state index contributed by atoms with van der Waals surface area (Å²) in [6.07, 6.45) is 0.699. The van der Waals surface area contributed by atoms with Crippen molar-refractivity contribution in [2.45, 2.75) is 24.7 Å². The van der Waals surface area contributed by atoms with Crippen molar-refractivity contribution < 1.29 is 31.5 Å². The van der Waals surface area contributed by atoms with E-state index in [1.54, 1.807) is 6.92 Å². The molecule has 0 saturated heterocycles. The second-order valence-corrected chi connectivity index (χ2v) is 6.08. The Morgan fingerprint density at radius 2 is 1.81 bits per heavy atom. The van der Waals surface area contributed by atoms with Gasteiger partial charge in [0.1, 0.15) is 17.5 Å². The number of carbonyl (C=O) groups is 1. The number of halogens is 3. The second kappa shape index (κ2) is 6.90. The van der Waals surface area contributed by atoms with Gasteiger partial charge >= 0.3 is 5.97 Å². The van der Waals surface area contributed by atoms with E-state index in [1.807, 2.05) is 4.72 Å². The van der Waals surface area contributed by atoms with E-state index in [0.29, 0.717) is 6.42 Å². The normalized spacial score (nSPS) is 13.1. The maximum absolute atomic E-state index is 13.4. The zero-order valence-corrected chi connectivity index (χ0v) is 11.9. The molecule has 9 heteroatoms. The fraction of sp³-hybridized carbons (Fsp3) is 0.417. The van der Waals surface area contributed by atoms with Crippen molar-refractivity contribution in [3.8, 4) is 0 Å². The van der Waals surface area contributed by atoms with Crippen LogP contribution in [0.1, 0.15) is 19.8 Å². The van der Waals surface area contributed by atoms with E-state index < -0.39 is 50.8 Å². The van der Waals surface area contributed by atoms with Crippen LogP contribution in [0.5, 0.6) is 0 Å². The summed E-state index contributed by atoms with van der Waals surface area (Å²) in [4.78, 5) is 9.56. The minimum absolute atomic E-state index is 0.201. The number of rotatable bonds is 7. The van der Waals surface area contributed by atoms with Gasteiger partial charge in [-0.15, -0.1) is 0 Å². The summed E-state index contributed by atoms with van der Waals surface area (Å²) in [5.41, 5.74) is 0. The fourth-order valence-electron chi connectivity index (χ4n) is 1.73. The van der Waals surface area contributed by atoms with Gasteiger partial charge in [0.25, 0.3) is 0 Å². The Kier molecular flexibility index (Phi) is 5.73. The predicted octanol–water partition coefficient (Wildman–Crippen LogP) is 1.88. The number of carboxylic acid groups (broad SMARTS) is 1. The summed E-state index contributed by atoms with van der Waals surface area (Å²) < 4.78 is 65.0. The van der Waals surface area contributed by atoms with E-state index in [0.717, 1.165) is 0 Å². The first kappa shape index (κ1) is 17.4. The molecule has 0 aliphatic heterocycles. The molecule has 118 valence electrons. The molecule has 1 aromatic rings. The van der Waals surface area contributed by atoms with Gasteiger partial charge in [-0.05, 0) is 6.42 Å². The van der Waals surface area contributed by atoms with E-state index >= 15 is 0 Å². The first-order chi connectivity index (χ1) is 9.69. The Hall–Kier alpha value is -1.61. The molecule has 0 aliphatic rings. The number of hydrogen-bond donors (Lipinski definition) is 2. The number of carboxylic acids is 1. The predicted molar refractivity (Wildman–Crippen MR) is 67.5 cm³/mol. The first-order valence-electron chi connectivity index (χ1n) is 6.06.